The summed E-state index contributed by atoms with van der Waals surface area (Å²) >= 11 is 0. The van der Waals surface area contributed by atoms with Crippen molar-refractivity contribution >= 4 is 10.9 Å². The summed E-state index contributed by atoms with van der Waals surface area (Å²) < 4.78 is 21.3. The number of nitrogens with one attached hydrogen (secondary N) is 1. The lowest BCUT2D eigenvalue weighted by Crippen LogP contribution is -2.22. The van der Waals surface area contributed by atoms with Gasteiger partial charge in [0, 0.05) is 22.7 Å². The summed E-state index contributed by atoms with van der Waals surface area (Å²) in [5.41, 5.74) is 4.82. The van der Waals surface area contributed by atoms with Gasteiger partial charge >= 0.3 is 5.76 Å². The van der Waals surface area contributed by atoms with Crippen molar-refractivity contribution in [3.05, 3.63) is 75.5 Å². The van der Waals surface area contributed by atoms with Gasteiger partial charge in [0.2, 0.25) is 5.89 Å². The van der Waals surface area contributed by atoms with Gasteiger partial charge in [-0.3, -0.25) is 0 Å². The second kappa shape index (κ2) is 7.11. The van der Waals surface area contributed by atoms with E-state index in [0.717, 1.165) is 35.1 Å². The Morgan fingerprint density at radius 2 is 1.97 bits per heavy atom. The first-order chi connectivity index (χ1) is 14.8. The highest BCUT2D eigenvalue weighted by molar-refractivity contribution is 5.89. The van der Waals surface area contributed by atoms with E-state index in [1.54, 1.807) is 19.1 Å². The molecule has 2 N–H and O–H groups in total. The molecule has 1 saturated carbocycles. The van der Waals surface area contributed by atoms with Gasteiger partial charge in [-0.25, -0.2) is 14.3 Å². The van der Waals surface area contributed by atoms with Gasteiger partial charge in [-0.05, 0) is 79.1 Å². The SMILES string of the molecule is Cc1cc(-n2c(C(C)C)c([C@H]3C[C@@H](c4n[nH]c(=O)o4)C3)c3cc(O)ccc32)ccc1F. The molecule has 1 aliphatic carbocycles. The molecule has 6 nitrogen and oxygen atoms in total. The molecule has 0 saturated heterocycles. The van der Waals surface area contributed by atoms with Crippen molar-refractivity contribution < 1.29 is 13.9 Å². The lowest BCUT2D eigenvalue weighted by atomic mass is 9.70. The molecule has 0 atom stereocenters. The maximum atomic E-state index is 14.0. The Kier molecular flexibility index (Phi) is 4.50. The predicted molar refractivity (Wildman–Crippen MR) is 116 cm³/mol. The molecule has 0 amide bonds. The Labute approximate surface area is 178 Å². The first-order valence-corrected chi connectivity index (χ1v) is 10.5. The van der Waals surface area contributed by atoms with Gasteiger partial charge in [0.15, 0.2) is 0 Å². The van der Waals surface area contributed by atoms with Crippen LogP contribution in [0.3, 0.4) is 0 Å². The zero-order valence-electron chi connectivity index (χ0n) is 17.6. The van der Waals surface area contributed by atoms with E-state index in [-0.39, 0.29) is 29.3 Å². The minimum absolute atomic E-state index is 0.0905. The van der Waals surface area contributed by atoms with Gasteiger partial charge in [-0.15, -0.1) is 5.10 Å². The summed E-state index contributed by atoms with van der Waals surface area (Å²) in [6.07, 6.45) is 1.62. The fraction of sp³-hybridized carbons (Fsp3) is 0.333. The zero-order valence-corrected chi connectivity index (χ0v) is 17.6. The number of benzene rings is 2. The number of H-pyrrole nitrogens is 1. The summed E-state index contributed by atoms with van der Waals surface area (Å²) in [6.45, 7) is 6.06. The molecule has 0 unspecified atom stereocenters. The van der Waals surface area contributed by atoms with Crippen LogP contribution in [0.15, 0.2) is 45.6 Å². The zero-order chi connectivity index (χ0) is 21.9. The number of rotatable bonds is 4. The number of phenols is 1. The first-order valence-electron chi connectivity index (χ1n) is 10.5. The van der Waals surface area contributed by atoms with Crippen LogP contribution in [0.2, 0.25) is 0 Å². The number of fused-ring (bicyclic) bond motifs is 1. The van der Waals surface area contributed by atoms with Crippen LogP contribution in [-0.2, 0) is 0 Å². The van der Waals surface area contributed by atoms with E-state index < -0.39 is 5.76 Å². The van der Waals surface area contributed by atoms with Crippen LogP contribution in [-0.4, -0.2) is 19.9 Å². The molecule has 1 fully saturated rings. The number of aromatic hydroxyl groups is 1. The number of aromatic nitrogens is 3. The van der Waals surface area contributed by atoms with E-state index in [1.165, 1.54) is 11.6 Å². The van der Waals surface area contributed by atoms with Gasteiger partial charge in [0.1, 0.15) is 11.6 Å². The normalized spacial score (nSPS) is 18.6. The van der Waals surface area contributed by atoms with Crippen LogP contribution < -0.4 is 5.76 Å². The number of aromatic amines is 1. The quantitative estimate of drug-likeness (QED) is 0.472. The highest BCUT2D eigenvalue weighted by atomic mass is 19.1. The van der Waals surface area contributed by atoms with Crippen molar-refractivity contribution in [2.45, 2.75) is 51.4 Å². The molecule has 0 aliphatic heterocycles. The minimum atomic E-state index is -0.533. The molecule has 160 valence electrons. The molecular formula is C24H24FN3O3. The van der Waals surface area contributed by atoms with Crippen molar-refractivity contribution in [3.63, 3.8) is 0 Å². The van der Waals surface area contributed by atoms with Crippen molar-refractivity contribution in [2.75, 3.05) is 0 Å². The fourth-order valence-corrected chi connectivity index (χ4v) is 4.84. The standard InChI is InChI=1S/C24H24FN3O3/c1-12(2)22-21(14-9-15(10-14)23-26-27-24(30)31-23)18-11-17(29)5-7-20(18)28(22)16-4-6-19(25)13(3)8-16/h4-8,11-12,14-15,29H,9-10H2,1-3H3,(H,27,30)/t14-,15+. The van der Waals surface area contributed by atoms with Crippen molar-refractivity contribution in [1.82, 2.24) is 14.8 Å². The Morgan fingerprint density at radius 1 is 1.19 bits per heavy atom. The maximum Gasteiger partial charge on any atom is 0.434 e. The number of hydrogen-bond donors (Lipinski definition) is 2. The van der Waals surface area contributed by atoms with E-state index in [0.29, 0.717) is 11.5 Å². The highest BCUT2D eigenvalue weighted by Crippen LogP contribution is 2.52. The Hall–Kier alpha value is -3.35. The van der Waals surface area contributed by atoms with Crippen LogP contribution >= 0.6 is 0 Å². The Morgan fingerprint density at radius 3 is 2.61 bits per heavy atom. The third kappa shape index (κ3) is 3.15. The molecule has 0 spiro atoms. The molecule has 5 rings (SSSR count). The molecule has 2 heterocycles. The van der Waals surface area contributed by atoms with E-state index in [2.05, 4.69) is 28.6 Å². The van der Waals surface area contributed by atoms with E-state index in [9.17, 15) is 14.3 Å². The molecule has 7 heteroatoms. The number of nitrogens with zero attached hydrogens (tertiary/aromatic N) is 2. The Balaban J connectivity index is 1.67. The lowest BCUT2D eigenvalue weighted by molar-refractivity contribution is 0.286. The highest BCUT2D eigenvalue weighted by Gasteiger charge is 2.39. The van der Waals surface area contributed by atoms with Crippen LogP contribution in [0.25, 0.3) is 16.6 Å². The first kappa shape index (κ1) is 19.6. The van der Waals surface area contributed by atoms with Gasteiger partial charge < -0.3 is 14.1 Å². The van der Waals surface area contributed by atoms with Crippen LogP contribution in [0.5, 0.6) is 5.75 Å². The summed E-state index contributed by atoms with van der Waals surface area (Å²) in [6, 6.07) is 10.6. The van der Waals surface area contributed by atoms with Crippen LogP contribution in [0.4, 0.5) is 4.39 Å². The topological polar surface area (TPSA) is 84.0 Å². The van der Waals surface area contributed by atoms with Crippen molar-refractivity contribution in [2.24, 2.45) is 0 Å². The third-order valence-corrected chi connectivity index (χ3v) is 6.32. The molecule has 4 aromatic rings. The van der Waals surface area contributed by atoms with Crippen LogP contribution in [0.1, 0.15) is 67.2 Å². The number of aryl methyl sites for hydroxylation is 1. The smallest absolute Gasteiger partial charge is 0.434 e. The number of halogens is 1. The number of phenolic OH excluding ortho intramolecular Hbond substituents is 1. The average molecular weight is 421 g/mol. The monoisotopic (exact) mass is 421 g/mol. The van der Waals surface area contributed by atoms with Gasteiger partial charge in [0.25, 0.3) is 0 Å². The molecule has 2 aromatic heterocycles. The molecule has 1 aliphatic rings. The molecule has 0 radical (unpaired) electrons. The van der Waals surface area contributed by atoms with Crippen LogP contribution in [0, 0.1) is 12.7 Å². The van der Waals surface area contributed by atoms with Gasteiger partial charge in [-0.2, -0.15) is 0 Å². The molecule has 2 aromatic carbocycles. The summed E-state index contributed by atoms with van der Waals surface area (Å²) in [7, 11) is 0. The van der Waals surface area contributed by atoms with Gasteiger partial charge in [0.05, 0.1) is 5.52 Å². The molecule has 31 heavy (non-hydrogen) atoms. The van der Waals surface area contributed by atoms with Gasteiger partial charge in [-0.1, -0.05) is 13.8 Å². The summed E-state index contributed by atoms with van der Waals surface area (Å²) in [5, 5.41) is 17.5. The third-order valence-electron chi connectivity index (χ3n) is 6.32. The minimum Gasteiger partial charge on any atom is -0.508 e. The van der Waals surface area contributed by atoms with Crippen molar-refractivity contribution in [1.29, 1.82) is 0 Å². The maximum absolute atomic E-state index is 14.0. The largest absolute Gasteiger partial charge is 0.508 e. The lowest BCUT2D eigenvalue weighted by Gasteiger charge is -2.34. The summed E-state index contributed by atoms with van der Waals surface area (Å²) in [4.78, 5) is 11.3. The van der Waals surface area contributed by atoms with Crippen molar-refractivity contribution in [3.8, 4) is 11.4 Å². The second-order valence-corrected chi connectivity index (χ2v) is 8.74. The molecular weight excluding hydrogens is 397 g/mol. The average Bonchev–Trinajstić information content (AvgIpc) is 3.25. The second-order valence-electron chi connectivity index (χ2n) is 8.74. The molecule has 0 bridgehead atoms. The number of hydrogen-bond acceptors (Lipinski definition) is 4. The van der Waals surface area contributed by atoms with E-state index in [1.807, 2.05) is 18.2 Å². The Bertz CT molecular complexity index is 1340. The van der Waals surface area contributed by atoms with E-state index in [4.69, 9.17) is 4.42 Å². The fourth-order valence-electron chi connectivity index (χ4n) is 4.84. The summed E-state index contributed by atoms with van der Waals surface area (Å²) in [5.74, 6) is 0.446. The van der Waals surface area contributed by atoms with E-state index >= 15 is 0 Å². The predicted octanol–water partition coefficient (Wildman–Crippen LogP) is 5.24.